The Morgan fingerprint density at radius 3 is 1.86 bits per heavy atom. The van der Waals surface area contributed by atoms with E-state index in [9.17, 15) is 5.11 Å². The van der Waals surface area contributed by atoms with Crippen LogP contribution in [0.15, 0.2) is 0 Å². The molecular formula is C12H24O2. The van der Waals surface area contributed by atoms with Crippen molar-refractivity contribution in [1.29, 1.82) is 0 Å². The van der Waals surface area contributed by atoms with Crippen LogP contribution >= 0.6 is 0 Å². The molecule has 0 aromatic heterocycles. The van der Waals surface area contributed by atoms with Crippen LogP contribution in [-0.2, 0) is 4.74 Å². The molecule has 2 saturated carbocycles. The van der Waals surface area contributed by atoms with Crippen molar-refractivity contribution in [3.8, 4) is 0 Å². The van der Waals surface area contributed by atoms with Crippen LogP contribution in [0, 0.1) is 16.7 Å². The van der Waals surface area contributed by atoms with Crippen LogP contribution < -0.4 is 0 Å². The Morgan fingerprint density at radius 2 is 1.71 bits per heavy atom. The summed E-state index contributed by atoms with van der Waals surface area (Å²) in [5.74, 6) is 0.780. The van der Waals surface area contributed by atoms with Crippen molar-refractivity contribution in [3.63, 3.8) is 0 Å². The molecule has 2 fully saturated rings. The minimum atomic E-state index is -0.0313. The first-order valence-corrected chi connectivity index (χ1v) is 5.48. The molecule has 84 valence electrons. The van der Waals surface area contributed by atoms with Crippen LogP contribution in [0.2, 0.25) is 0 Å². The summed E-state index contributed by atoms with van der Waals surface area (Å²) in [7, 11) is 3.25. The second kappa shape index (κ2) is 3.82. The van der Waals surface area contributed by atoms with E-state index in [2.05, 4.69) is 25.5 Å². The normalized spacial score (nSPS) is 43.3. The van der Waals surface area contributed by atoms with Gasteiger partial charge in [0.25, 0.3) is 0 Å². The number of ether oxygens (including phenoxy) is 1. The molecule has 14 heavy (non-hydrogen) atoms. The lowest BCUT2D eigenvalue weighted by Crippen LogP contribution is -2.35. The zero-order valence-corrected chi connectivity index (χ0v) is 10.1. The van der Waals surface area contributed by atoms with Crippen LogP contribution in [-0.4, -0.2) is 25.4 Å². The van der Waals surface area contributed by atoms with E-state index in [1.54, 1.807) is 14.2 Å². The number of aliphatic hydroxyl groups excluding tert-OH is 1. The molecule has 3 atom stereocenters. The molecule has 2 nitrogen and oxygen atoms in total. The zero-order valence-electron chi connectivity index (χ0n) is 10.1. The van der Waals surface area contributed by atoms with Crippen LogP contribution in [0.1, 0.15) is 40.0 Å². The number of fused-ring (bicyclic) bond motifs is 2. The third-order valence-electron chi connectivity index (χ3n) is 4.75. The Bertz CT molecular complexity index is 200. The molecule has 0 heterocycles. The second-order valence-corrected chi connectivity index (χ2v) is 5.53. The van der Waals surface area contributed by atoms with Gasteiger partial charge in [-0.3, -0.25) is 0 Å². The van der Waals surface area contributed by atoms with Crippen molar-refractivity contribution in [2.75, 3.05) is 14.2 Å². The molecule has 0 spiro atoms. The predicted octanol–water partition coefficient (Wildman–Crippen LogP) is 2.46. The van der Waals surface area contributed by atoms with Gasteiger partial charge in [0.2, 0.25) is 0 Å². The molecule has 3 unspecified atom stereocenters. The third kappa shape index (κ3) is 1.49. The van der Waals surface area contributed by atoms with Gasteiger partial charge in [0, 0.05) is 14.2 Å². The fraction of sp³-hybridized carbons (Fsp3) is 1.00. The van der Waals surface area contributed by atoms with Crippen molar-refractivity contribution >= 4 is 0 Å². The van der Waals surface area contributed by atoms with E-state index in [1.165, 1.54) is 12.8 Å². The first-order chi connectivity index (χ1) is 6.40. The van der Waals surface area contributed by atoms with Crippen molar-refractivity contribution in [2.24, 2.45) is 16.7 Å². The maximum absolute atomic E-state index is 9.81. The fourth-order valence-electron chi connectivity index (χ4n) is 3.16. The van der Waals surface area contributed by atoms with Crippen LogP contribution in [0.5, 0.6) is 0 Å². The summed E-state index contributed by atoms with van der Waals surface area (Å²) in [4.78, 5) is 0. The number of rotatable bonds is 0. The van der Waals surface area contributed by atoms with Gasteiger partial charge in [-0.15, -0.1) is 0 Å². The lowest BCUT2D eigenvalue weighted by atomic mass is 9.70. The van der Waals surface area contributed by atoms with Gasteiger partial charge in [-0.1, -0.05) is 20.8 Å². The molecule has 2 heteroatoms. The molecule has 0 saturated heterocycles. The lowest BCUT2D eigenvalue weighted by Gasteiger charge is -2.36. The highest BCUT2D eigenvalue weighted by molar-refractivity contribution is 5.10. The zero-order chi connectivity index (χ0) is 11.0. The number of methoxy groups -OCH3 is 1. The smallest absolute Gasteiger partial charge is 0.0601 e. The van der Waals surface area contributed by atoms with Crippen molar-refractivity contribution < 1.29 is 9.84 Å². The maximum atomic E-state index is 9.81. The fourth-order valence-corrected chi connectivity index (χ4v) is 3.16. The van der Waals surface area contributed by atoms with Gasteiger partial charge < -0.3 is 9.84 Å². The van der Waals surface area contributed by atoms with E-state index in [4.69, 9.17) is 0 Å². The van der Waals surface area contributed by atoms with E-state index < -0.39 is 0 Å². The maximum Gasteiger partial charge on any atom is 0.0601 e. The van der Waals surface area contributed by atoms with Crippen LogP contribution in [0.3, 0.4) is 0 Å². The average Bonchev–Trinajstić information content (AvgIpc) is 2.38. The number of hydrogen-bond donors (Lipinski definition) is 1. The van der Waals surface area contributed by atoms with E-state index in [0.717, 1.165) is 12.3 Å². The Hall–Kier alpha value is -0.0800. The highest BCUT2D eigenvalue weighted by Crippen LogP contribution is 2.65. The van der Waals surface area contributed by atoms with Gasteiger partial charge in [-0.2, -0.15) is 0 Å². The summed E-state index contributed by atoms with van der Waals surface area (Å²) >= 11 is 0. The molecule has 0 aliphatic heterocycles. The van der Waals surface area contributed by atoms with E-state index in [-0.39, 0.29) is 11.5 Å². The second-order valence-electron chi connectivity index (χ2n) is 5.53. The van der Waals surface area contributed by atoms with Gasteiger partial charge in [-0.05, 0) is 36.0 Å². The topological polar surface area (TPSA) is 29.5 Å². The molecule has 2 aliphatic rings. The van der Waals surface area contributed by atoms with E-state index in [1.807, 2.05) is 0 Å². The van der Waals surface area contributed by atoms with Gasteiger partial charge in [0.15, 0.2) is 0 Å². The monoisotopic (exact) mass is 200 g/mol. The predicted molar refractivity (Wildman–Crippen MR) is 58.2 cm³/mol. The quantitative estimate of drug-likeness (QED) is 0.651. The summed E-state index contributed by atoms with van der Waals surface area (Å²) < 4.78 is 4.25. The summed E-state index contributed by atoms with van der Waals surface area (Å²) in [5, 5.41) is 9.81. The van der Waals surface area contributed by atoms with Gasteiger partial charge >= 0.3 is 0 Å². The molecule has 0 radical (unpaired) electrons. The molecular weight excluding hydrogens is 176 g/mol. The third-order valence-corrected chi connectivity index (χ3v) is 4.75. The molecule has 0 aromatic rings. The minimum Gasteiger partial charge on any atom is -0.393 e. The Balaban J connectivity index is 0.000000293. The summed E-state index contributed by atoms with van der Waals surface area (Å²) in [6, 6.07) is 0. The highest BCUT2D eigenvalue weighted by atomic mass is 16.4. The van der Waals surface area contributed by atoms with Crippen LogP contribution in [0.4, 0.5) is 0 Å². The SMILES string of the molecule is CC1(C)C2CCC1(C)C(O)C2.COC. The number of hydrogen-bond acceptors (Lipinski definition) is 2. The van der Waals surface area contributed by atoms with Crippen LogP contribution in [0.25, 0.3) is 0 Å². The van der Waals surface area contributed by atoms with E-state index >= 15 is 0 Å². The van der Waals surface area contributed by atoms with Gasteiger partial charge in [0.1, 0.15) is 0 Å². The summed E-state index contributed by atoms with van der Waals surface area (Å²) in [6.45, 7) is 6.90. The van der Waals surface area contributed by atoms with Gasteiger partial charge in [-0.25, -0.2) is 0 Å². The Kier molecular flexibility index (Phi) is 3.27. The first-order valence-electron chi connectivity index (χ1n) is 5.48. The molecule has 2 aliphatic carbocycles. The molecule has 1 N–H and O–H groups in total. The Labute approximate surface area is 87.7 Å². The lowest BCUT2D eigenvalue weighted by molar-refractivity contribution is 0.0126. The van der Waals surface area contributed by atoms with Crippen molar-refractivity contribution in [2.45, 2.75) is 46.1 Å². The standard InChI is InChI=1S/C10H18O.C2H6O/c1-9(2)7-4-5-10(9,3)8(11)6-7;1-3-2/h7-8,11H,4-6H2,1-3H3;1-2H3. The van der Waals surface area contributed by atoms with Gasteiger partial charge in [0.05, 0.1) is 6.10 Å². The first kappa shape index (κ1) is 12.0. The van der Waals surface area contributed by atoms with Crippen molar-refractivity contribution in [3.05, 3.63) is 0 Å². The highest BCUT2D eigenvalue weighted by Gasteiger charge is 2.60. The average molecular weight is 200 g/mol. The van der Waals surface area contributed by atoms with Crippen molar-refractivity contribution in [1.82, 2.24) is 0 Å². The number of aliphatic hydroxyl groups is 1. The summed E-state index contributed by atoms with van der Waals surface area (Å²) in [5.41, 5.74) is 0.601. The molecule has 0 aromatic carbocycles. The minimum absolute atomic E-state index is 0.0313. The molecule has 2 rings (SSSR count). The largest absolute Gasteiger partial charge is 0.393 e. The molecule has 2 bridgehead atoms. The Morgan fingerprint density at radius 1 is 1.21 bits per heavy atom. The summed E-state index contributed by atoms with van der Waals surface area (Å²) in [6.07, 6.45) is 3.58. The molecule has 0 amide bonds. The van der Waals surface area contributed by atoms with E-state index in [0.29, 0.717) is 5.41 Å².